The van der Waals surface area contributed by atoms with Crippen molar-refractivity contribution in [1.29, 1.82) is 0 Å². The molecule has 1 N–H and O–H groups in total. The Balaban J connectivity index is 1.64. The second-order valence-electron chi connectivity index (χ2n) is 10.8. The van der Waals surface area contributed by atoms with Crippen molar-refractivity contribution in [3.05, 3.63) is 53.6 Å². The van der Waals surface area contributed by atoms with Gasteiger partial charge in [-0.3, -0.25) is 14.4 Å². The van der Waals surface area contributed by atoms with E-state index in [1.165, 1.54) is 0 Å². The van der Waals surface area contributed by atoms with E-state index in [9.17, 15) is 19.5 Å². The first-order chi connectivity index (χ1) is 17.7. The molecule has 2 saturated heterocycles. The number of allylic oxidation sites excluding steroid dienone is 1. The first-order valence-electron chi connectivity index (χ1n) is 13.3. The number of cyclic esters (lactones) is 1. The normalized spacial score (nSPS) is 34.2. The zero-order valence-corrected chi connectivity index (χ0v) is 21.8. The van der Waals surface area contributed by atoms with Crippen LogP contribution < -0.4 is 4.90 Å². The fraction of sp³-hybridized carbons (Fsp3) is 0.552. The van der Waals surface area contributed by atoms with Crippen molar-refractivity contribution in [3.63, 3.8) is 0 Å². The van der Waals surface area contributed by atoms with Crippen molar-refractivity contribution in [2.24, 2.45) is 11.8 Å². The van der Waals surface area contributed by atoms with Gasteiger partial charge >= 0.3 is 5.97 Å². The minimum absolute atomic E-state index is 0.00194. The number of hydrogen-bond donors (Lipinski definition) is 1. The molecule has 8 heteroatoms. The first kappa shape index (κ1) is 25.7. The molecule has 5 atom stereocenters. The summed E-state index contributed by atoms with van der Waals surface area (Å²) in [5.41, 5.74) is 0.394. The average Bonchev–Trinajstić information content (AvgIpc) is 3.20. The third kappa shape index (κ3) is 4.10. The smallest absolute Gasteiger partial charge is 0.313 e. The number of esters is 1. The number of aliphatic hydroxyl groups excluding tert-OH is 1. The van der Waals surface area contributed by atoms with Gasteiger partial charge in [-0.25, -0.2) is 0 Å². The van der Waals surface area contributed by atoms with Crippen molar-refractivity contribution in [2.75, 3.05) is 31.2 Å². The van der Waals surface area contributed by atoms with Gasteiger partial charge < -0.3 is 24.4 Å². The van der Waals surface area contributed by atoms with E-state index in [0.29, 0.717) is 32.4 Å². The van der Waals surface area contributed by atoms with Crippen LogP contribution >= 0.6 is 0 Å². The minimum atomic E-state index is -1.30. The molecule has 5 rings (SSSR count). The second kappa shape index (κ2) is 9.72. The van der Waals surface area contributed by atoms with Gasteiger partial charge in [0.2, 0.25) is 5.91 Å². The van der Waals surface area contributed by atoms with Gasteiger partial charge in [0.05, 0.1) is 18.1 Å². The number of rotatable bonds is 5. The molecular weight excluding hydrogens is 472 g/mol. The summed E-state index contributed by atoms with van der Waals surface area (Å²) in [4.78, 5) is 45.3. The Hall–Kier alpha value is -2.97. The van der Waals surface area contributed by atoms with E-state index >= 15 is 0 Å². The molecule has 2 fully saturated rings. The summed E-state index contributed by atoms with van der Waals surface area (Å²) in [5, 5.41) is 9.37. The van der Waals surface area contributed by atoms with Crippen molar-refractivity contribution in [2.45, 2.75) is 63.7 Å². The third-order valence-electron chi connectivity index (χ3n) is 8.21. The van der Waals surface area contributed by atoms with Gasteiger partial charge in [-0.05, 0) is 63.6 Å². The number of benzene rings is 1. The van der Waals surface area contributed by atoms with Crippen LogP contribution in [0.4, 0.5) is 5.69 Å². The summed E-state index contributed by atoms with van der Waals surface area (Å²) in [6.45, 7) is 6.67. The number of fused-ring (bicyclic) bond motifs is 2. The molecule has 4 aliphatic rings. The van der Waals surface area contributed by atoms with Crippen molar-refractivity contribution < 1.29 is 29.0 Å². The topological polar surface area (TPSA) is 96.4 Å². The second-order valence-corrected chi connectivity index (χ2v) is 10.8. The highest BCUT2D eigenvalue weighted by atomic mass is 16.6. The van der Waals surface area contributed by atoms with Gasteiger partial charge in [0, 0.05) is 25.4 Å². The zero-order chi connectivity index (χ0) is 26.4. The van der Waals surface area contributed by atoms with Crippen LogP contribution in [0.2, 0.25) is 0 Å². The monoisotopic (exact) mass is 508 g/mol. The van der Waals surface area contributed by atoms with Gasteiger partial charge in [0.1, 0.15) is 17.6 Å². The van der Waals surface area contributed by atoms with Crippen molar-refractivity contribution in [3.8, 4) is 0 Å². The molecular formula is C29H36N2O6. The molecule has 4 aliphatic heterocycles. The molecule has 198 valence electrons. The van der Waals surface area contributed by atoms with E-state index in [4.69, 9.17) is 9.47 Å². The van der Waals surface area contributed by atoms with Crippen LogP contribution in [0, 0.1) is 25.7 Å². The fourth-order valence-corrected chi connectivity index (χ4v) is 6.49. The Morgan fingerprint density at radius 2 is 1.86 bits per heavy atom. The van der Waals surface area contributed by atoms with Crippen LogP contribution in [0.3, 0.4) is 0 Å². The van der Waals surface area contributed by atoms with Gasteiger partial charge in [-0.15, -0.1) is 0 Å². The quantitative estimate of drug-likeness (QED) is 0.373. The van der Waals surface area contributed by atoms with E-state index in [1.807, 2.05) is 63.3 Å². The molecule has 4 heterocycles. The highest BCUT2D eigenvalue weighted by Gasteiger charge is 2.74. The fourth-order valence-electron chi connectivity index (χ4n) is 6.49. The third-order valence-corrected chi connectivity index (χ3v) is 8.21. The highest BCUT2D eigenvalue weighted by molar-refractivity contribution is 6.06. The van der Waals surface area contributed by atoms with Crippen LogP contribution in [0.1, 0.15) is 43.7 Å². The summed E-state index contributed by atoms with van der Waals surface area (Å²) < 4.78 is 12.4. The Morgan fingerprint density at radius 3 is 2.65 bits per heavy atom. The maximum absolute atomic E-state index is 14.4. The number of unbranched alkanes of at least 4 members (excludes halogenated alkanes) is 1. The number of likely N-dealkylation sites (tertiary alicyclic amines) is 1. The summed E-state index contributed by atoms with van der Waals surface area (Å²) >= 11 is 0. The van der Waals surface area contributed by atoms with Gasteiger partial charge in [-0.2, -0.15) is 0 Å². The standard InChI is InChI=1S/C29H36N2O6/c1-19-10-11-20(2)21(18-19)30-15-9-13-29-22(25(33)31(14-6-7-16-32)24(29)26(30)34)23-27(35)36-17-8-4-5-12-28(23,3)37-29/h5,9-13,18,22-24,32H,4,6-8,14-17H2,1-3H3/b12-5-/t22-,23-,24?,28+,29-/m0/s1. The first-order valence-corrected chi connectivity index (χ1v) is 13.3. The number of aryl methyl sites for hydroxylation is 2. The summed E-state index contributed by atoms with van der Waals surface area (Å²) in [6.07, 6.45) is 10.1. The number of anilines is 1. The van der Waals surface area contributed by atoms with Crippen LogP contribution in [0.25, 0.3) is 0 Å². The van der Waals surface area contributed by atoms with Crippen molar-refractivity contribution in [1.82, 2.24) is 4.90 Å². The summed E-state index contributed by atoms with van der Waals surface area (Å²) in [6, 6.07) is 5.04. The predicted molar refractivity (Wildman–Crippen MR) is 138 cm³/mol. The van der Waals surface area contributed by atoms with E-state index in [2.05, 4.69) is 0 Å². The summed E-state index contributed by atoms with van der Waals surface area (Å²) in [7, 11) is 0. The number of nitrogens with zero attached hydrogens (tertiary/aromatic N) is 2. The largest absolute Gasteiger partial charge is 0.465 e. The SMILES string of the molecule is Cc1ccc(C)c(N2CC=C[C@]34O[C@]5(C)/C=C\CCCOC(=O)[C@@H]5[C@H]3C(=O)N(CCCCO)C4C2=O)c1. The molecule has 1 unspecified atom stereocenters. The number of carbonyl (C=O) groups excluding carboxylic acids is 3. The average molecular weight is 509 g/mol. The lowest BCUT2D eigenvalue weighted by atomic mass is 9.74. The molecule has 0 radical (unpaired) electrons. The van der Waals surface area contributed by atoms with Gasteiger partial charge in [-0.1, -0.05) is 36.4 Å². The summed E-state index contributed by atoms with van der Waals surface area (Å²) in [5.74, 6) is -2.72. The molecule has 1 aromatic rings. The maximum Gasteiger partial charge on any atom is 0.313 e. The lowest BCUT2D eigenvalue weighted by Crippen LogP contribution is -2.56. The van der Waals surface area contributed by atoms with Crippen LogP contribution in [-0.4, -0.2) is 71.3 Å². The molecule has 8 nitrogen and oxygen atoms in total. The molecule has 0 bridgehead atoms. The van der Waals surface area contributed by atoms with Crippen LogP contribution in [-0.2, 0) is 23.9 Å². The number of hydrogen-bond acceptors (Lipinski definition) is 6. The molecule has 2 amide bonds. The molecule has 0 saturated carbocycles. The minimum Gasteiger partial charge on any atom is -0.465 e. The van der Waals surface area contributed by atoms with E-state index in [1.54, 1.807) is 9.80 Å². The van der Waals surface area contributed by atoms with Gasteiger partial charge in [0.25, 0.3) is 5.91 Å². The van der Waals surface area contributed by atoms with E-state index in [0.717, 1.165) is 23.2 Å². The van der Waals surface area contributed by atoms with Gasteiger partial charge in [0.15, 0.2) is 0 Å². The number of amides is 2. The maximum atomic E-state index is 14.4. The lowest BCUT2D eigenvalue weighted by Gasteiger charge is -2.37. The van der Waals surface area contributed by atoms with Crippen LogP contribution in [0.5, 0.6) is 0 Å². The van der Waals surface area contributed by atoms with Crippen LogP contribution in [0.15, 0.2) is 42.5 Å². The number of aliphatic hydroxyl groups is 1. The lowest BCUT2D eigenvalue weighted by molar-refractivity contribution is -0.158. The number of carbonyl (C=O) groups is 3. The Morgan fingerprint density at radius 1 is 1.05 bits per heavy atom. The van der Waals surface area contributed by atoms with E-state index < -0.39 is 35.0 Å². The predicted octanol–water partition coefficient (Wildman–Crippen LogP) is 2.84. The molecule has 0 aliphatic carbocycles. The number of ether oxygens (including phenoxy) is 2. The zero-order valence-electron chi connectivity index (χ0n) is 21.8. The molecule has 1 aromatic carbocycles. The Bertz CT molecular complexity index is 1160. The van der Waals surface area contributed by atoms with E-state index in [-0.39, 0.29) is 25.0 Å². The van der Waals surface area contributed by atoms with Crippen molar-refractivity contribution >= 4 is 23.5 Å². The highest BCUT2D eigenvalue weighted by Crippen LogP contribution is 2.57. The molecule has 37 heavy (non-hydrogen) atoms. The Labute approximate surface area is 217 Å². The molecule has 1 spiro atoms. The molecule has 0 aromatic heterocycles. The Kier molecular flexibility index (Phi) is 6.75.